The van der Waals surface area contributed by atoms with E-state index in [9.17, 15) is 5.26 Å². The van der Waals surface area contributed by atoms with E-state index in [4.69, 9.17) is 26.8 Å². The van der Waals surface area contributed by atoms with Crippen molar-refractivity contribution < 1.29 is 9.47 Å². The lowest BCUT2D eigenvalue weighted by Crippen LogP contribution is -2.21. The molecule has 1 aliphatic heterocycles. The molecule has 1 atom stereocenters. The fraction of sp³-hybridized carbons (Fsp3) is 0.167. The highest BCUT2D eigenvalue weighted by Crippen LogP contribution is 2.44. The maximum atomic E-state index is 9.65. The van der Waals surface area contributed by atoms with Crippen LogP contribution in [-0.4, -0.2) is 22.3 Å². The van der Waals surface area contributed by atoms with Crippen LogP contribution in [0.25, 0.3) is 10.9 Å². The van der Waals surface area contributed by atoms with Crippen molar-refractivity contribution in [3.63, 3.8) is 0 Å². The molecule has 4 rings (SSSR count). The Morgan fingerprint density at radius 1 is 1.38 bits per heavy atom. The first-order valence-electron chi connectivity index (χ1n) is 7.80. The number of H-pyrrole nitrogens is 1. The van der Waals surface area contributed by atoms with Gasteiger partial charge in [0.05, 0.1) is 18.5 Å². The molecule has 7 nitrogen and oxygen atoms in total. The van der Waals surface area contributed by atoms with Crippen LogP contribution in [-0.2, 0) is 0 Å². The molecule has 8 heteroatoms. The highest BCUT2D eigenvalue weighted by molar-refractivity contribution is 6.30. The Morgan fingerprint density at radius 3 is 2.92 bits per heavy atom. The summed E-state index contributed by atoms with van der Waals surface area (Å²) >= 11 is 6.48. The van der Waals surface area contributed by atoms with Crippen LogP contribution < -0.4 is 15.2 Å². The van der Waals surface area contributed by atoms with Gasteiger partial charge in [-0.25, -0.2) is 4.98 Å². The van der Waals surface area contributed by atoms with Gasteiger partial charge in [0, 0.05) is 22.2 Å². The summed E-state index contributed by atoms with van der Waals surface area (Å²) in [4.78, 5) is 4.47. The normalized spacial score (nSPS) is 16.2. The highest BCUT2D eigenvalue weighted by Gasteiger charge is 2.35. The number of methoxy groups -OCH3 is 1. The van der Waals surface area contributed by atoms with Crippen LogP contribution in [0.15, 0.2) is 35.7 Å². The van der Waals surface area contributed by atoms with Crippen molar-refractivity contribution in [3.8, 4) is 17.7 Å². The largest absolute Gasteiger partial charge is 0.497 e. The summed E-state index contributed by atoms with van der Waals surface area (Å²) in [6.07, 6.45) is 0. The Labute approximate surface area is 154 Å². The number of ether oxygens (including phenoxy) is 2. The third-order valence-corrected chi connectivity index (χ3v) is 4.75. The van der Waals surface area contributed by atoms with Gasteiger partial charge in [0.2, 0.25) is 11.8 Å². The molecule has 2 aromatic heterocycles. The lowest BCUT2D eigenvalue weighted by atomic mass is 9.84. The first-order chi connectivity index (χ1) is 12.5. The Bertz CT molecular complexity index is 1110. The van der Waals surface area contributed by atoms with Crippen molar-refractivity contribution in [2.24, 2.45) is 5.73 Å². The quantitative estimate of drug-likeness (QED) is 0.673. The van der Waals surface area contributed by atoms with Crippen LogP contribution in [0.2, 0.25) is 5.15 Å². The van der Waals surface area contributed by atoms with Crippen LogP contribution in [0.5, 0.6) is 11.6 Å². The Hall–Kier alpha value is -3.24. The zero-order valence-electron chi connectivity index (χ0n) is 14.0. The monoisotopic (exact) mass is 367 g/mol. The second-order valence-electron chi connectivity index (χ2n) is 5.92. The van der Waals surface area contributed by atoms with Gasteiger partial charge in [-0.05, 0) is 31.2 Å². The maximum Gasteiger partial charge on any atom is 0.244 e. The van der Waals surface area contributed by atoms with Crippen molar-refractivity contribution in [2.45, 2.75) is 12.8 Å². The number of nitrogens with two attached hydrogens (primary N) is 1. The average molecular weight is 368 g/mol. The Balaban J connectivity index is 2.00. The number of hydrogen-bond acceptors (Lipinski definition) is 6. The number of nitrogens with zero attached hydrogens (tertiary/aromatic N) is 3. The minimum Gasteiger partial charge on any atom is -0.497 e. The molecule has 0 saturated carbocycles. The zero-order valence-corrected chi connectivity index (χ0v) is 14.8. The molecule has 3 heterocycles. The lowest BCUT2D eigenvalue weighted by Gasteiger charge is -2.24. The van der Waals surface area contributed by atoms with Crippen LogP contribution >= 0.6 is 11.6 Å². The van der Waals surface area contributed by atoms with E-state index in [-0.39, 0.29) is 11.5 Å². The fourth-order valence-corrected chi connectivity index (χ4v) is 3.44. The van der Waals surface area contributed by atoms with Crippen LogP contribution in [0.1, 0.15) is 22.7 Å². The van der Waals surface area contributed by atoms with Gasteiger partial charge in [0.1, 0.15) is 22.5 Å². The van der Waals surface area contributed by atoms with Gasteiger partial charge >= 0.3 is 0 Å². The second kappa shape index (κ2) is 5.93. The number of hydrogen-bond donors (Lipinski definition) is 2. The molecule has 26 heavy (non-hydrogen) atoms. The van der Waals surface area contributed by atoms with Gasteiger partial charge < -0.3 is 15.2 Å². The molecule has 1 unspecified atom stereocenters. The zero-order chi connectivity index (χ0) is 18.4. The van der Waals surface area contributed by atoms with E-state index in [0.29, 0.717) is 22.3 Å². The molecular weight excluding hydrogens is 354 g/mol. The van der Waals surface area contributed by atoms with E-state index in [1.54, 1.807) is 7.11 Å². The van der Waals surface area contributed by atoms with E-state index in [2.05, 4.69) is 21.3 Å². The van der Waals surface area contributed by atoms with E-state index >= 15 is 0 Å². The molecule has 0 fully saturated rings. The van der Waals surface area contributed by atoms with E-state index in [1.807, 2.05) is 31.2 Å². The molecule has 3 aromatic rings. The number of aryl methyl sites for hydroxylation is 1. The number of allylic oxidation sites excluding steroid dienone is 1. The van der Waals surface area contributed by atoms with E-state index in [0.717, 1.165) is 22.2 Å². The SMILES string of the molecule is COc1ccc2nc(Cl)c(C3C(C#N)=C(N)Oc4n[nH]c(C)c43)cc2c1. The Kier molecular flexibility index (Phi) is 3.71. The van der Waals surface area contributed by atoms with Crippen molar-refractivity contribution in [3.05, 3.63) is 57.7 Å². The van der Waals surface area contributed by atoms with Crippen molar-refractivity contribution in [1.82, 2.24) is 15.2 Å². The fourth-order valence-electron chi connectivity index (χ4n) is 3.19. The molecule has 0 amide bonds. The number of nitriles is 1. The van der Waals surface area contributed by atoms with Gasteiger partial charge in [-0.2, -0.15) is 5.26 Å². The summed E-state index contributed by atoms with van der Waals surface area (Å²) in [6, 6.07) is 9.54. The first-order valence-corrected chi connectivity index (χ1v) is 8.18. The number of benzene rings is 1. The third kappa shape index (κ3) is 2.35. The van der Waals surface area contributed by atoms with Crippen LogP contribution in [0, 0.1) is 18.3 Å². The first kappa shape index (κ1) is 16.2. The van der Waals surface area contributed by atoms with Gasteiger partial charge in [-0.3, -0.25) is 5.10 Å². The van der Waals surface area contributed by atoms with Crippen molar-refractivity contribution in [2.75, 3.05) is 7.11 Å². The standard InChI is InChI=1S/C18H14ClN5O2/c1-8-14-15(12(7-20)17(21)26-18(14)24-23-8)11-6-9-5-10(25-2)3-4-13(9)22-16(11)19/h3-6,15H,21H2,1-2H3,(H,23,24). The average Bonchev–Trinajstić information content (AvgIpc) is 3.00. The molecule has 0 aliphatic carbocycles. The molecule has 1 aromatic carbocycles. The topological polar surface area (TPSA) is 110 Å². The van der Waals surface area contributed by atoms with Crippen LogP contribution in [0.4, 0.5) is 0 Å². The summed E-state index contributed by atoms with van der Waals surface area (Å²) in [5, 5.41) is 17.8. The summed E-state index contributed by atoms with van der Waals surface area (Å²) in [6.45, 7) is 1.85. The molecule has 0 spiro atoms. The molecule has 0 bridgehead atoms. The van der Waals surface area contributed by atoms with E-state index < -0.39 is 5.92 Å². The predicted molar refractivity (Wildman–Crippen MR) is 95.9 cm³/mol. The minimum atomic E-state index is -0.516. The van der Waals surface area contributed by atoms with Crippen molar-refractivity contribution >= 4 is 22.5 Å². The van der Waals surface area contributed by atoms with Gasteiger partial charge in [-0.1, -0.05) is 11.6 Å². The smallest absolute Gasteiger partial charge is 0.244 e. The number of rotatable bonds is 2. The molecule has 0 saturated heterocycles. The minimum absolute atomic E-state index is 0.0123. The number of pyridine rings is 1. The molecular formula is C18H14ClN5O2. The number of aromatic amines is 1. The number of nitrogens with one attached hydrogen (secondary N) is 1. The van der Waals surface area contributed by atoms with Gasteiger partial charge in [0.25, 0.3) is 0 Å². The van der Waals surface area contributed by atoms with Crippen molar-refractivity contribution in [1.29, 1.82) is 5.26 Å². The number of fused-ring (bicyclic) bond motifs is 2. The predicted octanol–water partition coefficient (Wildman–Crippen LogP) is 3.15. The number of aromatic nitrogens is 3. The molecule has 1 aliphatic rings. The number of halogens is 1. The van der Waals surface area contributed by atoms with Gasteiger partial charge in [-0.15, -0.1) is 5.10 Å². The molecule has 3 N–H and O–H groups in total. The maximum absolute atomic E-state index is 9.65. The summed E-state index contributed by atoms with van der Waals surface area (Å²) in [7, 11) is 1.60. The second-order valence-corrected chi connectivity index (χ2v) is 6.28. The summed E-state index contributed by atoms with van der Waals surface area (Å²) in [5.74, 6) is 0.539. The Morgan fingerprint density at radius 2 is 2.19 bits per heavy atom. The lowest BCUT2D eigenvalue weighted by molar-refractivity contribution is 0.379. The molecule has 0 radical (unpaired) electrons. The van der Waals surface area contributed by atoms with Gasteiger partial charge in [0.15, 0.2) is 0 Å². The summed E-state index contributed by atoms with van der Waals surface area (Å²) in [5.41, 5.74) is 9.09. The van der Waals surface area contributed by atoms with Crippen LogP contribution in [0.3, 0.4) is 0 Å². The molecule has 130 valence electrons. The third-order valence-electron chi connectivity index (χ3n) is 4.44. The highest BCUT2D eigenvalue weighted by atomic mass is 35.5. The summed E-state index contributed by atoms with van der Waals surface area (Å²) < 4.78 is 10.8. The van der Waals surface area contributed by atoms with E-state index in [1.165, 1.54) is 0 Å².